The number of guanidine groups is 1. The van der Waals surface area contributed by atoms with E-state index in [-0.39, 0.29) is 34.4 Å². The normalized spacial score (nSPS) is 14.2. The Balaban J connectivity index is 1.83. The lowest BCUT2D eigenvalue weighted by Gasteiger charge is -2.26. The molecule has 2 heterocycles. The molecule has 10 nitrogen and oxygen atoms in total. The van der Waals surface area contributed by atoms with Crippen molar-refractivity contribution in [1.82, 2.24) is 10.3 Å². The molecule has 0 saturated heterocycles. The van der Waals surface area contributed by atoms with E-state index in [1.807, 2.05) is 6.07 Å². The van der Waals surface area contributed by atoms with Crippen LogP contribution in [0.15, 0.2) is 53.5 Å². The van der Waals surface area contributed by atoms with Crippen molar-refractivity contribution in [1.29, 1.82) is 10.5 Å². The van der Waals surface area contributed by atoms with E-state index in [0.29, 0.717) is 22.3 Å². The number of aromatic carboxylic acids is 1. The molecule has 0 saturated carbocycles. The number of carboxylic acid groups (broad SMARTS) is 1. The number of pyridine rings is 1. The number of hydrogen-bond acceptors (Lipinski definition) is 9. The summed E-state index contributed by atoms with van der Waals surface area (Å²) < 4.78 is 0. The third-order valence-electron chi connectivity index (χ3n) is 5.05. The summed E-state index contributed by atoms with van der Waals surface area (Å²) >= 11 is 0. The van der Waals surface area contributed by atoms with Gasteiger partial charge in [-0.25, -0.2) is 14.8 Å². The number of aliphatic imine (C=N–C) groups is 1. The van der Waals surface area contributed by atoms with Gasteiger partial charge in [-0.3, -0.25) is 5.32 Å². The van der Waals surface area contributed by atoms with Crippen LogP contribution in [-0.4, -0.2) is 22.0 Å². The van der Waals surface area contributed by atoms with E-state index in [1.165, 1.54) is 0 Å². The number of rotatable bonds is 3. The molecule has 0 amide bonds. The highest BCUT2D eigenvalue weighted by Crippen LogP contribution is 2.40. The number of carbonyl (C=O) groups is 1. The summed E-state index contributed by atoms with van der Waals surface area (Å²) in [5.74, 6) is -0.610. The summed E-state index contributed by atoms with van der Waals surface area (Å²) in [6.07, 6.45) is 1.80. The second-order valence-corrected chi connectivity index (χ2v) is 6.87. The Morgan fingerprint density at radius 1 is 1.12 bits per heavy atom. The van der Waals surface area contributed by atoms with Crippen molar-refractivity contribution in [3.63, 3.8) is 0 Å². The van der Waals surface area contributed by atoms with Crippen molar-refractivity contribution in [2.75, 3.05) is 16.8 Å². The van der Waals surface area contributed by atoms with Crippen LogP contribution in [0.1, 0.15) is 33.1 Å². The van der Waals surface area contributed by atoms with Gasteiger partial charge in [-0.2, -0.15) is 10.5 Å². The van der Waals surface area contributed by atoms with Crippen LogP contribution in [0.3, 0.4) is 0 Å². The fourth-order valence-corrected chi connectivity index (χ4v) is 3.59. The number of carboxylic acids is 1. The van der Waals surface area contributed by atoms with Crippen molar-refractivity contribution >= 4 is 29.3 Å². The van der Waals surface area contributed by atoms with E-state index < -0.39 is 12.0 Å². The largest absolute Gasteiger partial charge is 0.478 e. The molecule has 156 valence electrons. The first-order chi connectivity index (χ1) is 15.4. The monoisotopic (exact) mass is 424 g/mol. The first kappa shape index (κ1) is 20.2. The van der Waals surface area contributed by atoms with Gasteiger partial charge in [-0.15, -0.1) is 0 Å². The van der Waals surface area contributed by atoms with Crippen LogP contribution in [0.4, 0.5) is 17.3 Å². The van der Waals surface area contributed by atoms with Crippen LogP contribution in [-0.2, 0) is 0 Å². The van der Waals surface area contributed by atoms with Gasteiger partial charge < -0.3 is 21.9 Å². The number of nitrogens with one attached hydrogen (secondary N) is 2. The van der Waals surface area contributed by atoms with E-state index in [4.69, 9.17) is 16.7 Å². The third-order valence-corrected chi connectivity index (χ3v) is 5.05. The smallest absolute Gasteiger partial charge is 0.336 e. The maximum absolute atomic E-state index is 11.6. The van der Waals surface area contributed by atoms with E-state index in [0.717, 1.165) is 0 Å². The highest BCUT2D eigenvalue weighted by molar-refractivity contribution is 5.98. The number of nitrogen functional groups attached to an aromatic ring is 2. The molecule has 4 rings (SSSR count). The molecule has 0 radical (unpaired) electrons. The Hall–Kier alpha value is -5.09. The summed E-state index contributed by atoms with van der Waals surface area (Å²) in [5, 5.41) is 33.2. The second-order valence-electron chi connectivity index (χ2n) is 6.87. The Morgan fingerprint density at radius 3 is 2.50 bits per heavy atom. The van der Waals surface area contributed by atoms with Crippen LogP contribution >= 0.6 is 0 Å². The number of nitriles is 2. The fraction of sp³-hybridized carbons (Fsp3) is 0.0455. The molecule has 1 atom stereocenters. The third kappa shape index (κ3) is 3.38. The number of fused-ring (bicyclic) bond motifs is 1. The molecule has 0 fully saturated rings. The first-order valence-corrected chi connectivity index (χ1v) is 9.36. The van der Waals surface area contributed by atoms with E-state index in [2.05, 4.69) is 20.6 Å². The number of aromatic nitrogens is 1. The van der Waals surface area contributed by atoms with Crippen molar-refractivity contribution in [2.24, 2.45) is 4.99 Å². The van der Waals surface area contributed by atoms with E-state index >= 15 is 0 Å². The lowest BCUT2D eigenvalue weighted by molar-refractivity contribution is 0.0697. The zero-order chi connectivity index (χ0) is 22.8. The van der Waals surface area contributed by atoms with Gasteiger partial charge in [0.05, 0.1) is 11.3 Å². The molecule has 2 aromatic carbocycles. The van der Waals surface area contributed by atoms with Crippen molar-refractivity contribution in [3.05, 3.63) is 70.8 Å². The van der Waals surface area contributed by atoms with Gasteiger partial charge in [0.15, 0.2) is 6.19 Å². The molecule has 0 bridgehead atoms. The molecule has 1 aromatic heterocycles. The zero-order valence-corrected chi connectivity index (χ0v) is 16.5. The lowest BCUT2D eigenvalue weighted by Crippen LogP contribution is -2.32. The highest BCUT2D eigenvalue weighted by Gasteiger charge is 2.29. The van der Waals surface area contributed by atoms with Crippen molar-refractivity contribution < 1.29 is 9.90 Å². The van der Waals surface area contributed by atoms with Crippen LogP contribution in [0.5, 0.6) is 0 Å². The van der Waals surface area contributed by atoms with Crippen molar-refractivity contribution in [3.8, 4) is 23.4 Å². The number of nitrogens with two attached hydrogens (primary N) is 2. The Morgan fingerprint density at radius 2 is 1.84 bits per heavy atom. The Kier molecular flexibility index (Phi) is 5.03. The van der Waals surface area contributed by atoms with Gasteiger partial charge in [0.25, 0.3) is 0 Å². The molecule has 1 unspecified atom stereocenters. The molecule has 1 aliphatic rings. The number of benzene rings is 2. The average molecular weight is 424 g/mol. The molecule has 0 aliphatic carbocycles. The number of hydrogen-bond donors (Lipinski definition) is 5. The Bertz CT molecular complexity index is 1350. The second kappa shape index (κ2) is 7.97. The van der Waals surface area contributed by atoms with Crippen LogP contribution in [0.2, 0.25) is 0 Å². The zero-order valence-electron chi connectivity index (χ0n) is 16.5. The summed E-state index contributed by atoms with van der Waals surface area (Å²) in [7, 11) is 0. The maximum Gasteiger partial charge on any atom is 0.336 e. The van der Waals surface area contributed by atoms with E-state index in [9.17, 15) is 15.2 Å². The molecule has 0 spiro atoms. The van der Waals surface area contributed by atoms with Crippen LogP contribution in [0, 0.1) is 22.8 Å². The molecule has 10 heteroatoms. The summed E-state index contributed by atoms with van der Waals surface area (Å²) in [4.78, 5) is 20.3. The standard InChI is InChI=1S/C22H16N8O2/c23-9-15-17(25)16-18(28-22(27-10-24)30-20(16)29-19(15)26)12-7-5-11(6-8-12)13-3-1-2-4-14(13)21(31)32/h1-8,18H,(H,31,32)(H6,25,26,27,28,29,30). The van der Waals surface area contributed by atoms with Gasteiger partial charge in [0.2, 0.25) is 5.96 Å². The van der Waals surface area contributed by atoms with Gasteiger partial charge in [-0.1, -0.05) is 42.5 Å². The molecule has 7 N–H and O–H groups in total. The van der Waals surface area contributed by atoms with Crippen molar-refractivity contribution in [2.45, 2.75) is 6.04 Å². The molecular formula is C22H16N8O2. The summed E-state index contributed by atoms with van der Waals surface area (Å²) in [6, 6.07) is 15.1. The topological polar surface area (TPSA) is 186 Å². The quantitative estimate of drug-likeness (QED) is 0.311. The highest BCUT2D eigenvalue weighted by atomic mass is 16.4. The SMILES string of the molecule is N#CNC1=NC(c2ccc(-c3ccccc3C(=O)O)cc2)c2c(nc(N)c(C#N)c2N)N1. The number of anilines is 3. The van der Waals surface area contributed by atoms with Crippen LogP contribution in [0.25, 0.3) is 11.1 Å². The first-order valence-electron chi connectivity index (χ1n) is 9.36. The lowest BCUT2D eigenvalue weighted by atomic mass is 9.93. The molecule has 3 aromatic rings. The van der Waals surface area contributed by atoms with Crippen LogP contribution < -0.4 is 22.1 Å². The average Bonchev–Trinajstić information content (AvgIpc) is 2.79. The minimum Gasteiger partial charge on any atom is -0.478 e. The predicted octanol–water partition coefficient (Wildman–Crippen LogP) is 2.42. The van der Waals surface area contributed by atoms with Gasteiger partial charge in [0.1, 0.15) is 29.3 Å². The molecule has 32 heavy (non-hydrogen) atoms. The minimum absolute atomic E-state index is 0.0335. The van der Waals surface area contributed by atoms with Gasteiger partial charge >= 0.3 is 5.97 Å². The van der Waals surface area contributed by atoms with Gasteiger partial charge in [0, 0.05) is 5.56 Å². The van der Waals surface area contributed by atoms with Gasteiger partial charge in [-0.05, 0) is 22.8 Å². The summed E-state index contributed by atoms with van der Waals surface area (Å²) in [6.45, 7) is 0. The maximum atomic E-state index is 11.6. The van der Waals surface area contributed by atoms with E-state index in [1.54, 1.807) is 54.7 Å². The Labute approximate surface area is 182 Å². The minimum atomic E-state index is -1.02. The molecule has 1 aliphatic heterocycles. The summed E-state index contributed by atoms with van der Waals surface area (Å²) in [5.41, 5.74) is 14.9. The predicted molar refractivity (Wildman–Crippen MR) is 118 cm³/mol. The fourth-order valence-electron chi connectivity index (χ4n) is 3.59. The number of nitrogens with zero attached hydrogens (tertiary/aromatic N) is 4. The molecular weight excluding hydrogens is 408 g/mol.